The predicted molar refractivity (Wildman–Crippen MR) is 343 cm³/mol. The fourth-order valence-electron chi connectivity index (χ4n) is 16.0. The van der Waals surface area contributed by atoms with E-state index in [9.17, 15) is 0 Å². The first kappa shape index (κ1) is 47.4. The monoisotopic (exact) mass is 1090 g/mol. The highest BCUT2D eigenvalue weighted by Gasteiger charge is 2.53. The van der Waals surface area contributed by atoms with Crippen molar-refractivity contribution >= 4 is 28.8 Å². The molecule has 13 aromatic carbocycles. The normalized spacial score (nSPS) is 14.8. The van der Waals surface area contributed by atoms with Crippen molar-refractivity contribution < 1.29 is 4.74 Å². The van der Waals surface area contributed by atoms with Gasteiger partial charge in [-0.1, -0.05) is 267 Å². The second-order valence-corrected chi connectivity index (χ2v) is 23.9. The van der Waals surface area contributed by atoms with E-state index in [-0.39, 0.29) is 0 Å². The van der Waals surface area contributed by atoms with Crippen LogP contribution in [0.1, 0.15) is 66.8 Å². The van der Waals surface area contributed by atoms with Gasteiger partial charge in [-0.2, -0.15) is 0 Å². The molecule has 2 nitrogen and oxygen atoms in total. The van der Waals surface area contributed by atoms with E-state index in [1.165, 1.54) is 104 Å². The molecular weight excluding hydrogens is 1030 g/mol. The van der Waals surface area contributed by atoms with E-state index in [0.717, 1.165) is 45.3 Å². The Hall–Kier alpha value is -10.2. The fraction of sp³-hybridized carbons (Fsp3) is 0.0370. The topological polar surface area (TPSA) is 12.5 Å². The largest absolute Gasteiger partial charge is 0.457 e. The summed E-state index contributed by atoms with van der Waals surface area (Å²) in [6, 6.07) is 116. The van der Waals surface area contributed by atoms with Gasteiger partial charge in [0, 0.05) is 37.9 Å². The second-order valence-electron chi connectivity index (χ2n) is 22.8. The molecule has 0 saturated heterocycles. The maximum absolute atomic E-state index is 6.78. The van der Waals surface area contributed by atoms with E-state index in [2.05, 4.69) is 314 Å². The number of anilines is 3. The molecule has 0 radical (unpaired) electrons. The summed E-state index contributed by atoms with van der Waals surface area (Å²) in [5.41, 5.74) is 26.5. The first-order valence-electron chi connectivity index (χ1n) is 29.1. The van der Waals surface area contributed by atoms with Crippen LogP contribution in [0.4, 0.5) is 17.1 Å². The number of ether oxygens (including phenoxy) is 1. The van der Waals surface area contributed by atoms with Crippen molar-refractivity contribution in [2.24, 2.45) is 0 Å². The summed E-state index contributed by atoms with van der Waals surface area (Å²) >= 11 is 1.89. The molecule has 392 valence electrons. The zero-order valence-corrected chi connectivity index (χ0v) is 46.5. The predicted octanol–water partition coefficient (Wildman–Crippen LogP) is 20.5. The van der Waals surface area contributed by atoms with Crippen molar-refractivity contribution in [3.05, 3.63) is 376 Å². The maximum Gasteiger partial charge on any atom is 0.132 e. The molecule has 0 saturated carbocycles. The lowest BCUT2D eigenvalue weighted by Crippen LogP contribution is -2.32. The Labute approximate surface area is 493 Å². The smallest absolute Gasteiger partial charge is 0.132 e. The number of rotatable bonds is 6. The standard InChI is InChI=1S/C81H51NOS/c1-3-24-52(25-4-1)79(53-26-5-2-6-27-53)65-35-13-9-31-60(65)78-59(32-23-40-72(78)79)58-30-10-18-41-73(58)82(54-46-48-66-61(50-54)56-28-7-11-33-63(56)80(66)68-36-14-19-42-74(68)83-75-43-20-15-37-69(75)80)55-47-49-67-62(51-55)57-29-8-12-34-64(57)81(67)70-38-16-21-44-76(70)84-77-45-22-17-39-71(77)81/h1-51H. The van der Waals surface area contributed by atoms with Gasteiger partial charge in [0.05, 0.1) is 21.9 Å². The molecule has 18 rings (SSSR count). The number of para-hydroxylation sites is 3. The minimum atomic E-state index is -0.600. The minimum absolute atomic E-state index is 0.504. The molecule has 0 bridgehead atoms. The number of hydrogen-bond acceptors (Lipinski definition) is 3. The van der Waals surface area contributed by atoms with Crippen LogP contribution in [0.2, 0.25) is 0 Å². The summed E-state index contributed by atoms with van der Waals surface area (Å²) in [4.78, 5) is 5.15. The van der Waals surface area contributed by atoms with E-state index in [0.29, 0.717) is 0 Å². The first-order chi connectivity index (χ1) is 41.7. The van der Waals surface area contributed by atoms with Crippen molar-refractivity contribution in [1.29, 1.82) is 0 Å². The summed E-state index contributed by atoms with van der Waals surface area (Å²) in [5.74, 6) is 1.77. The Kier molecular flexibility index (Phi) is 10.1. The van der Waals surface area contributed by atoms with Crippen LogP contribution < -0.4 is 9.64 Å². The SMILES string of the molecule is c1ccc(C2(c3ccccc3)c3ccccc3-c3c(-c4ccccc4N(c4ccc5c(c4)-c4ccccc4C54c5ccccc5Oc5ccccc54)c4ccc5c(c4)-c4ccccc4C54c5ccccc5Sc5ccccc54)cccc32)cc1. The summed E-state index contributed by atoms with van der Waals surface area (Å²) in [5, 5.41) is 0. The third kappa shape index (κ3) is 6.16. The van der Waals surface area contributed by atoms with Gasteiger partial charge in [0.15, 0.2) is 0 Å². The average molecular weight is 1090 g/mol. The molecule has 84 heavy (non-hydrogen) atoms. The average Bonchev–Trinajstić information content (AvgIpc) is 1.56. The van der Waals surface area contributed by atoms with Crippen LogP contribution in [-0.2, 0) is 16.2 Å². The molecule has 0 unspecified atom stereocenters. The van der Waals surface area contributed by atoms with Crippen LogP contribution in [0.3, 0.4) is 0 Å². The third-order valence-electron chi connectivity index (χ3n) is 19.1. The lowest BCUT2D eigenvalue weighted by molar-refractivity contribution is 0.436. The first-order valence-corrected chi connectivity index (χ1v) is 30.0. The Morgan fingerprint density at radius 3 is 1.18 bits per heavy atom. The van der Waals surface area contributed by atoms with E-state index in [1.54, 1.807) is 0 Å². The second kappa shape index (κ2) is 17.9. The summed E-state index contributed by atoms with van der Waals surface area (Å²) in [7, 11) is 0. The van der Waals surface area contributed by atoms with Gasteiger partial charge >= 0.3 is 0 Å². The zero-order chi connectivity index (χ0) is 55.1. The number of benzene rings is 13. The van der Waals surface area contributed by atoms with Crippen LogP contribution in [0, 0.1) is 0 Å². The van der Waals surface area contributed by atoms with Gasteiger partial charge < -0.3 is 9.64 Å². The quantitative estimate of drug-likeness (QED) is 0.165. The van der Waals surface area contributed by atoms with E-state index >= 15 is 0 Å². The van der Waals surface area contributed by atoms with Gasteiger partial charge in [0.1, 0.15) is 11.5 Å². The van der Waals surface area contributed by atoms with Gasteiger partial charge in [-0.3, -0.25) is 0 Å². The van der Waals surface area contributed by atoms with Crippen LogP contribution in [0.5, 0.6) is 11.5 Å². The van der Waals surface area contributed by atoms with Crippen molar-refractivity contribution in [2.75, 3.05) is 4.90 Å². The van der Waals surface area contributed by atoms with Crippen molar-refractivity contribution in [3.63, 3.8) is 0 Å². The van der Waals surface area contributed by atoms with Gasteiger partial charge in [-0.25, -0.2) is 0 Å². The summed E-state index contributed by atoms with van der Waals surface area (Å²) in [6.07, 6.45) is 0. The van der Waals surface area contributed by atoms with Crippen molar-refractivity contribution in [1.82, 2.24) is 0 Å². The summed E-state index contributed by atoms with van der Waals surface area (Å²) < 4.78 is 6.78. The van der Waals surface area contributed by atoms with Crippen LogP contribution >= 0.6 is 11.8 Å². The molecule has 2 aliphatic heterocycles. The Morgan fingerprint density at radius 1 is 0.250 bits per heavy atom. The molecule has 3 aliphatic carbocycles. The zero-order valence-electron chi connectivity index (χ0n) is 45.7. The maximum atomic E-state index is 6.78. The molecule has 0 aromatic heterocycles. The molecule has 0 N–H and O–H groups in total. The van der Waals surface area contributed by atoms with E-state index in [4.69, 9.17) is 4.74 Å². The minimum Gasteiger partial charge on any atom is -0.457 e. The molecule has 3 heteroatoms. The van der Waals surface area contributed by atoms with Crippen LogP contribution in [0.25, 0.3) is 44.5 Å². The van der Waals surface area contributed by atoms with Gasteiger partial charge in [0.2, 0.25) is 0 Å². The highest BCUT2D eigenvalue weighted by atomic mass is 32.2. The van der Waals surface area contributed by atoms with Gasteiger partial charge in [-0.05, 0) is 149 Å². The molecular formula is C81H51NOS. The Bertz CT molecular complexity index is 4560. The summed E-state index contributed by atoms with van der Waals surface area (Å²) in [6.45, 7) is 0. The highest BCUT2D eigenvalue weighted by Crippen LogP contribution is 2.66. The van der Waals surface area contributed by atoms with Crippen LogP contribution in [0.15, 0.2) is 319 Å². The third-order valence-corrected chi connectivity index (χ3v) is 20.2. The molecule has 0 atom stereocenters. The molecule has 5 aliphatic rings. The van der Waals surface area contributed by atoms with Gasteiger partial charge in [0.25, 0.3) is 0 Å². The number of fused-ring (bicyclic) bond motifs is 21. The Morgan fingerprint density at radius 2 is 0.631 bits per heavy atom. The molecule has 13 aromatic rings. The highest BCUT2D eigenvalue weighted by molar-refractivity contribution is 7.99. The van der Waals surface area contributed by atoms with E-state index < -0.39 is 16.2 Å². The molecule has 2 spiro atoms. The van der Waals surface area contributed by atoms with Crippen molar-refractivity contribution in [3.8, 4) is 56.0 Å². The Balaban J connectivity index is 0.913. The van der Waals surface area contributed by atoms with E-state index in [1.807, 2.05) is 11.8 Å². The number of hydrogen-bond donors (Lipinski definition) is 0. The lowest BCUT2D eigenvalue weighted by Gasteiger charge is -2.39. The molecule has 2 heterocycles. The lowest BCUT2D eigenvalue weighted by atomic mass is 9.66. The van der Waals surface area contributed by atoms with Gasteiger partial charge in [-0.15, -0.1) is 0 Å². The molecule has 0 fully saturated rings. The van der Waals surface area contributed by atoms with Crippen molar-refractivity contribution in [2.45, 2.75) is 26.0 Å². The fourth-order valence-corrected chi connectivity index (χ4v) is 17.2. The molecule has 0 amide bonds. The van der Waals surface area contributed by atoms with Crippen LogP contribution in [-0.4, -0.2) is 0 Å². The number of nitrogens with zero attached hydrogens (tertiary/aromatic N) is 1.